The van der Waals surface area contributed by atoms with E-state index in [1.165, 1.54) is 20.5 Å². The van der Waals surface area contributed by atoms with Gasteiger partial charge in [0.1, 0.15) is 30.2 Å². The lowest BCUT2D eigenvalue weighted by Crippen LogP contribution is -2.32. The molecule has 2 saturated heterocycles. The topological polar surface area (TPSA) is 142 Å². The minimum atomic E-state index is -3.66. The van der Waals surface area contributed by atoms with Gasteiger partial charge < -0.3 is 19.9 Å². The number of nitrogens with two attached hydrogens (primary N) is 1. The molecule has 13 heteroatoms. The smallest absolute Gasteiger partial charge is 0.382 e. The standard InChI is InChI=1S/C15H22N5O7P/c1-15(2)26-10-8(5-24-28(21,22-3)23-4)25-14(11(10)27-15)20-7-19-9-12(16)17-6-18-13(9)20/h6-8,10-11,14H,5H2,1-4H3,(H2,16,17,18)/t8-,10-,11-,14-/m1/s1. The molecule has 0 aliphatic carbocycles. The summed E-state index contributed by atoms with van der Waals surface area (Å²) in [4.78, 5) is 12.5. The van der Waals surface area contributed by atoms with Crippen LogP contribution in [0.25, 0.3) is 11.2 Å². The third-order valence-electron chi connectivity index (χ3n) is 4.63. The maximum atomic E-state index is 12.2. The zero-order valence-corrected chi connectivity index (χ0v) is 16.7. The van der Waals surface area contributed by atoms with E-state index in [0.717, 1.165) is 0 Å². The normalized spacial score (nSPS) is 29.4. The maximum absolute atomic E-state index is 12.2. The Kier molecular flexibility index (Phi) is 4.91. The van der Waals surface area contributed by atoms with E-state index in [0.29, 0.717) is 11.2 Å². The Morgan fingerprint density at radius 2 is 1.93 bits per heavy atom. The highest BCUT2D eigenvalue weighted by molar-refractivity contribution is 7.48. The molecule has 154 valence electrons. The van der Waals surface area contributed by atoms with Crippen LogP contribution >= 0.6 is 7.82 Å². The van der Waals surface area contributed by atoms with E-state index in [1.807, 2.05) is 13.8 Å². The summed E-state index contributed by atoms with van der Waals surface area (Å²) < 4.78 is 47.0. The number of fused-ring (bicyclic) bond motifs is 2. The molecular weight excluding hydrogens is 393 g/mol. The van der Waals surface area contributed by atoms with Gasteiger partial charge in [0.2, 0.25) is 0 Å². The first-order chi connectivity index (χ1) is 13.3. The van der Waals surface area contributed by atoms with Gasteiger partial charge in [0, 0.05) is 14.2 Å². The average molecular weight is 415 g/mol. The lowest BCUT2D eigenvalue weighted by molar-refractivity contribution is -0.199. The molecule has 0 saturated carbocycles. The molecule has 0 bridgehead atoms. The summed E-state index contributed by atoms with van der Waals surface area (Å²) in [6.45, 7) is 3.53. The fraction of sp³-hybridized carbons (Fsp3) is 0.667. The monoisotopic (exact) mass is 415 g/mol. The van der Waals surface area contributed by atoms with Crippen LogP contribution in [0.4, 0.5) is 5.82 Å². The predicted octanol–water partition coefficient (Wildman–Crippen LogP) is 1.24. The van der Waals surface area contributed by atoms with Crippen LogP contribution in [-0.4, -0.2) is 64.4 Å². The number of hydrogen-bond donors (Lipinski definition) is 1. The number of anilines is 1. The highest BCUT2D eigenvalue weighted by atomic mass is 31.2. The first-order valence-electron chi connectivity index (χ1n) is 8.57. The largest absolute Gasteiger partial charge is 0.474 e. The van der Waals surface area contributed by atoms with Crippen molar-refractivity contribution in [2.45, 2.75) is 44.2 Å². The van der Waals surface area contributed by atoms with E-state index in [4.69, 9.17) is 33.5 Å². The van der Waals surface area contributed by atoms with Crippen molar-refractivity contribution >= 4 is 24.8 Å². The lowest BCUT2D eigenvalue weighted by atomic mass is 10.1. The van der Waals surface area contributed by atoms with E-state index in [9.17, 15) is 4.57 Å². The number of rotatable bonds is 6. The van der Waals surface area contributed by atoms with Gasteiger partial charge >= 0.3 is 7.82 Å². The lowest BCUT2D eigenvalue weighted by Gasteiger charge is -2.25. The fourth-order valence-corrected chi connectivity index (χ4v) is 4.11. The second-order valence-corrected chi connectivity index (χ2v) is 8.70. The van der Waals surface area contributed by atoms with Gasteiger partial charge in [0.25, 0.3) is 0 Å². The molecule has 2 aliphatic heterocycles. The molecule has 2 aliphatic rings. The SMILES string of the molecule is COP(=O)(OC)OC[C@H]1O[C@@H](n2cnc3c(N)ncnc32)[C@@H]2OC(C)(C)O[C@@H]21. The van der Waals surface area contributed by atoms with Gasteiger partial charge in [-0.2, -0.15) is 0 Å². The molecule has 4 rings (SSSR count). The van der Waals surface area contributed by atoms with Gasteiger partial charge in [-0.1, -0.05) is 0 Å². The minimum Gasteiger partial charge on any atom is -0.382 e. The summed E-state index contributed by atoms with van der Waals surface area (Å²) in [7, 11) is -1.18. The van der Waals surface area contributed by atoms with Crippen molar-refractivity contribution in [3.05, 3.63) is 12.7 Å². The first-order valence-corrected chi connectivity index (χ1v) is 10.0. The molecule has 0 amide bonds. The Balaban J connectivity index is 1.63. The van der Waals surface area contributed by atoms with Gasteiger partial charge in [0.05, 0.1) is 12.9 Å². The van der Waals surface area contributed by atoms with Crippen molar-refractivity contribution in [3.8, 4) is 0 Å². The van der Waals surface area contributed by atoms with Crippen LogP contribution < -0.4 is 5.73 Å². The third-order valence-corrected chi connectivity index (χ3v) is 5.99. The summed E-state index contributed by atoms with van der Waals surface area (Å²) in [5.74, 6) is -0.560. The van der Waals surface area contributed by atoms with Crippen LogP contribution in [0.1, 0.15) is 20.1 Å². The van der Waals surface area contributed by atoms with Crippen molar-refractivity contribution < 1.29 is 32.3 Å². The van der Waals surface area contributed by atoms with Crippen LogP contribution in [0, 0.1) is 0 Å². The number of hydrogen-bond acceptors (Lipinski definition) is 11. The molecule has 4 heterocycles. The van der Waals surface area contributed by atoms with E-state index in [1.54, 1.807) is 10.9 Å². The minimum absolute atomic E-state index is 0.0835. The van der Waals surface area contributed by atoms with Gasteiger partial charge in [-0.25, -0.2) is 19.5 Å². The van der Waals surface area contributed by atoms with Crippen LogP contribution in [-0.2, 0) is 32.3 Å². The Morgan fingerprint density at radius 1 is 1.21 bits per heavy atom. The van der Waals surface area contributed by atoms with Crippen molar-refractivity contribution in [2.24, 2.45) is 0 Å². The molecule has 4 atom stereocenters. The van der Waals surface area contributed by atoms with E-state index < -0.39 is 38.1 Å². The summed E-state index contributed by atoms with van der Waals surface area (Å²) in [5, 5.41) is 0. The van der Waals surface area contributed by atoms with E-state index in [2.05, 4.69) is 15.0 Å². The molecule has 0 radical (unpaired) electrons. The van der Waals surface area contributed by atoms with Gasteiger partial charge in [-0.3, -0.25) is 18.1 Å². The Hall–Kier alpha value is -1.66. The van der Waals surface area contributed by atoms with Crippen molar-refractivity contribution in [1.82, 2.24) is 19.5 Å². The molecule has 12 nitrogen and oxygen atoms in total. The maximum Gasteiger partial charge on any atom is 0.474 e. The summed E-state index contributed by atoms with van der Waals surface area (Å²) in [6, 6.07) is 0. The first kappa shape index (κ1) is 19.6. The molecule has 2 aromatic rings. The summed E-state index contributed by atoms with van der Waals surface area (Å²) in [5.41, 5.74) is 6.84. The van der Waals surface area contributed by atoms with Gasteiger partial charge in [0.15, 0.2) is 23.5 Å². The fourth-order valence-electron chi connectivity index (χ4n) is 3.42. The van der Waals surface area contributed by atoms with Crippen LogP contribution in [0.5, 0.6) is 0 Å². The second kappa shape index (κ2) is 6.99. The number of phosphoric ester groups is 1. The summed E-state index contributed by atoms with van der Waals surface area (Å²) in [6.07, 6.45) is 0.772. The molecule has 0 aromatic carbocycles. The number of imidazole rings is 1. The third kappa shape index (κ3) is 3.30. The second-order valence-electron chi connectivity index (χ2n) is 6.82. The van der Waals surface area contributed by atoms with E-state index >= 15 is 0 Å². The molecular formula is C15H22N5O7P. The zero-order chi connectivity index (χ0) is 20.1. The van der Waals surface area contributed by atoms with Crippen LogP contribution in [0.15, 0.2) is 12.7 Å². The number of aromatic nitrogens is 4. The Bertz CT molecular complexity index is 913. The molecule has 2 N–H and O–H groups in total. The van der Waals surface area contributed by atoms with Crippen LogP contribution in [0.3, 0.4) is 0 Å². The highest BCUT2D eigenvalue weighted by Gasteiger charge is 2.56. The number of phosphoric acid groups is 1. The molecule has 28 heavy (non-hydrogen) atoms. The van der Waals surface area contributed by atoms with Crippen molar-refractivity contribution in [2.75, 3.05) is 26.6 Å². The highest BCUT2D eigenvalue weighted by Crippen LogP contribution is 2.50. The van der Waals surface area contributed by atoms with Crippen LogP contribution in [0.2, 0.25) is 0 Å². The van der Waals surface area contributed by atoms with Gasteiger partial charge in [-0.15, -0.1) is 0 Å². The van der Waals surface area contributed by atoms with Crippen molar-refractivity contribution in [1.29, 1.82) is 0 Å². The number of nitrogen functional groups attached to an aromatic ring is 1. The molecule has 0 spiro atoms. The number of nitrogens with zero attached hydrogens (tertiary/aromatic N) is 4. The molecule has 2 aromatic heterocycles. The molecule has 0 unspecified atom stereocenters. The zero-order valence-electron chi connectivity index (χ0n) is 15.8. The quantitative estimate of drug-likeness (QED) is 0.681. The summed E-state index contributed by atoms with van der Waals surface area (Å²) >= 11 is 0. The molecule has 2 fully saturated rings. The van der Waals surface area contributed by atoms with Gasteiger partial charge in [-0.05, 0) is 13.8 Å². The Morgan fingerprint density at radius 3 is 2.64 bits per heavy atom. The van der Waals surface area contributed by atoms with E-state index in [-0.39, 0.29) is 12.4 Å². The number of ether oxygens (including phenoxy) is 3. The Labute approximate surface area is 160 Å². The average Bonchev–Trinajstić information content (AvgIpc) is 3.31. The predicted molar refractivity (Wildman–Crippen MR) is 95.0 cm³/mol. The van der Waals surface area contributed by atoms with Crippen molar-refractivity contribution in [3.63, 3.8) is 0 Å².